The van der Waals surface area contributed by atoms with Gasteiger partial charge in [0, 0.05) is 13.0 Å². The van der Waals surface area contributed by atoms with E-state index in [-0.39, 0.29) is 18.3 Å². The van der Waals surface area contributed by atoms with E-state index in [0.29, 0.717) is 32.0 Å². The Labute approximate surface area is 96.7 Å². The standard InChI is InChI=1S/C11H22N2O3/c1-3-16-11(15)6-7-13-10(14)5-4-9(2)8-12/h9H,3-8,12H2,1-2H3,(H,13,14). The molecule has 0 aromatic carbocycles. The highest BCUT2D eigenvalue weighted by molar-refractivity contribution is 5.77. The molecule has 0 aliphatic heterocycles. The maximum Gasteiger partial charge on any atom is 0.307 e. The number of carbonyl (C=O) groups excluding carboxylic acids is 2. The molecular weight excluding hydrogens is 208 g/mol. The monoisotopic (exact) mass is 230 g/mol. The van der Waals surface area contributed by atoms with Crippen molar-refractivity contribution < 1.29 is 14.3 Å². The van der Waals surface area contributed by atoms with Gasteiger partial charge < -0.3 is 15.8 Å². The van der Waals surface area contributed by atoms with E-state index in [1.54, 1.807) is 6.92 Å². The van der Waals surface area contributed by atoms with Crippen LogP contribution < -0.4 is 11.1 Å². The lowest BCUT2D eigenvalue weighted by atomic mass is 10.1. The Bertz CT molecular complexity index is 219. The van der Waals surface area contributed by atoms with E-state index in [1.165, 1.54) is 0 Å². The normalized spacial score (nSPS) is 11.9. The van der Waals surface area contributed by atoms with Gasteiger partial charge in [0.25, 0.3) is 0 Å². The molecule has 0 aliphatic rings. The zero-order valence-electron chi connectivity index (χ0n) is 10.1. The summed E-state index contributed by atoms with van der Waals surface area (Å²) in [7, 11) is 0. The lowest BCUT2D eigenvalue weighted by Crippen LogP contribution is -2.27. The molecule has 1 amide bonds. The highest BCUT2D eigenvalue weighted by Gasteiger charge is 2.06. The molecule has 5 nitrogen and oxygen atoms in total. The average Bonchev–Trinajstić information content (AvgIpc) is 2.26. The number of carbonyl (C=O) groups is 2. The fraction of sp³-hybridized carbons (Fsp3) is 0.818. The topological polar surface area (TPSA) is 81.4 Å². The zero-order valence-corrected chi connectivity index (χ0v) is 10.1. The van der Waals surface area contributed by atoms with E-state index in [4.69, 9.17) is 10.5 Å². The Morgan fingerprint density at radius 1 is 1.38 bits per heavy atom. The molecule has 1 atom stereocenters. The van der Waals surface area contributed by atoms with Crippen LogP contribution in [0.2, 0.25) is 0 Å². The largest absolute Gasteiger partial charge is 0.466 e. The van der Waals surface area contributed by atoms with Crippen LogP contribution in [0.25, 0.3) is 0 Å². The first kappa shape index (κ1) is 14.9. The number of ether oxygens (including phenoxy) is 1. The number of nitrogens with one attached hydrogen (secondary N) is 1. The quantitative estimate of drug-likeness (QED) is 0.592. The Kier molecular flexibility index (Phi) is 8.52. The summed E-state index contributed by atoms with van der Waals surface area (Å²) in [6.07, 6.45) is 1.47. The summed E-state index contributed by atoms with van der Waals surface area (Å²) in [5, 5.41) is 2.67. The first-order valence-corrected chi connectivity index (χ1v) is 5.72. The average molecular weight is 230 g/mol. The van der Waals surface area contributed by atoms with E-state index >= 15 is 0 Å². The Morgan fingerprint density at radius 2 is 2.06 bits per heavy atom. The second-order valence-corrected chi connectivity index (χ2v) is 3.78. The third kappa shape index (κ3) is 8.23. The number of hydrogen-bond acceptors (Lipinski definition) is 4. The molecule has 1 unspecified atom stereocenters. The minimum atomic E-state index is -0.280. The van der Waals surface area contributed by atoms with Crippen LogP contribution >= 0.6 is 0 Å². The smallest absolute Gasteiger partial charge is 0.307 e. The first-order chi connectivity index (χ1) is 7.60. The molecule has 0 aliphatic carbocycles. The summed E-state index contributed by atoms with van der Waals surface area (Å²) in [5.41, 5.74) is 5.44. The van der Waals surface area contributed by atoms with E-state index < -0.39 is 0 Å². The predicted octanol–water partition coefficient (Wildman–Crippen LogP) is 0.431. The molecule has 5 heteroatoms. The van der Waals surface area contributed by atoms with Crippen LogP contribution in [0.3, 0.4) is 0 Å². The molecule has 0 radical (unpaired) electrons. The summed E-state index contributed by atoms with van der Waals surface area (Å²) in [6, 6.07) is 0. The Morgan fingerprint density at radius 3 is 2.62 bits per heavy atom. The minimum Gasteiger partial charge on any atom is -0.466 e. The molecule has 94 valence electrons. The van der Waals surface area contributed by atoms with E-state index in [0.717, 1.165) is 6.42 Å². The number of esters is 1. The summed E-state index contributed by atoms with van der Waals surface area (Å²) >= 11 is 0. The molecule has 0 heterocycles. The maximum atomic E-state index is 11.3. The molecule has 0 aromatic heterocycles. The fourth-order valence-electron chi connectivity index (χ4n) is 1.12. The van der Waals surface area contributed by atoms with Gasteiger partial charge in [0.2, 0.25) is 5.91 Å². The summed E-state index contributed by atoms with van der Waals surface area (Å²) in [6.45, 7) is 5.07. The van der Waals surface area contributed by atoms with Crippen molar-refractivity contribution in [3.8, 4) is 0 Å². The van der Waals surface area contributed by atoms with Crippen molar-refractivity contribution in [1.29, 1.82) is 0 Å². The van der Waals surface area contributed by atoms with Gasteiger partial charge in [-0.3, -0.25) is 9.59 Å². The van der Waals surface area contributed by atoms with Crippen molar-refractivity contribution in [2.24, 2.45) is 11.7 Å². The molecule has 0 fully saturated rings. The molecule has 0 saturated heterocycles. The second-order valence-electron chi connectivity index (χ2n) is 3.78. The predicted molar refractivity (Wildman–Crippen MR) is 61.7 cm³/mol. The van der Waals surface area contributed by atoms with Crippen LogP contribution in [0.1, 0.15) is 33.1 Å². The van der Waals surface area contributed by atoms with Crippen molar-refractivity contribution in [2.45, 2.75) is 33.1 Å². The summed E-state index contributed by atoms with van der Waals surface area (Å²) in [4.78, 5) is 22.2. The van der Waals surface area contributed by atoms with E-state index in [9.17, 15) is 9.59 Å². The molecule has 0 bridgehead atoms. The Balaban J connectivity index is 3.47. The second kappa shape index (κ2) is 9.15. The zero-order chi connectivity index (χ0) is 12.4. The Hall–Kier alpha value is -1.10. The van der Waals surface area contributed by atoms with E-state index in [2.05, 4.69) is 5.32 Å². The molecule has 3 N–H and O–H groups in total. The molecule has 0 saturated carbocycles. The number of amides is 1. The first-order valence-electron chi connectivity index (χ1n) is 5.72. The molecule has 0 rings (SSSR count). The van der Waals surface area contributed by atoms with Crippen LogP contribution in [0.5, 0.6) is 0 Å². The van der Waals surface area contributed by atoms with Crippen LogP contribution in [-0.4, -0.2) is 31.6 Å². The van der Waals surface area contributed by atoms with Gasteiger partial charge in [-0.1, -0.05) is 6.92 Å². The van der Waals surface area contributed by atoms with Crippen LogP contribution in [0.15, 0.2) is 0 Å². The fourth-order valence-corrected chi connectivity index (χ4v) is 1.12. The van der Waals surface area contributed by atoms with Crippen molar-refractivity contribution in [2.75, 3.05) is 19.7 Å². The van der Waals surface area contributed by atoms with Gasteiger partial charge in [-0.2, -0.15) is 0 Å². The van der Waals surface area contributed by atoms with Gasteiger partial charge >= 0.3 is 5.97 Å². The highest BCUT2D eigenvalue weighted by atomic mass is 16.5. The molecular formula is C11H22N2O3. The lowest BCUT2D eigenvalue weighted by molar-refractivity contribution is -0.143. The minimum absolute atomic E-state index is 0.0374. The molecule has 0 aromatic rings. The summed E-state index contributed by atoms with van der Waals surface area (Å²) in [5.74, 6) is 0.0403. The number of rotatable bonds is 8. The van der Waals surface area contributed by atoms with Crippen molar-refractivity contribution in [3.05, 3.63) is 0 Å². The van der Waals surface area contributed by atoms with Gasteiger partial charge in [-0.15, -0.1) is 0 Å². The van der Waals surface area contributed by atoms with Crippen LogP contribution in [-0.2, 0) is 14.3 Å². The number of hydrogen-bond donors (Lipinski definition) is 2. The third-order valence-electron chi connectivity index (χ3n) is 2.22. The SMILES string of the molecule is CCOC(=O)CCNC(=O)CCC(C)CN. The maximum absolute atomic E-state index is 11.3. The molecule has 0 spiro atoms. The lowest BCUT2D eigenvalue weighted by Gasteiger charge is -2.08. The van der Waals surface area contributed by atoms with Gasteiger partial charge in [0.05, 0.1) is 13.0 Å². The van der Waals surface area contributed by atoms with Crippen LogP contribution in [0, 0.1) is 5.92 Å². The van der Waals surface area contributed by atoms with Gasteiger partial charge in [-0.25, -0.2) is 0 Å². The van der Waals surface area contributed by atoms with Gasteiger partial charge in [0.15, 0.2) is 0 Å². The van der Waals surface area contributed by atoms with Crippen molar-refractivity contribution >= 4 is 11.9 Å². The van der Waals surface area contributed by atoms with Crippen LogP contribution in [0.4, 0.5) is 0 Å². The third-order valence-corrected chi connectivity index (χ3v) is 2.22. The van der Waals surface area contributed by atoms with Gasteiger partial charge in [-0.05, 0) is 25.8 Å². The van der Waals surface area contributed by atoms with Crippen molar-refractivity contribution in [1.82, 2.24) is 5.32 Å². The summed E-state index contributed by atoms with van der Waals surface area (Å²) < 4.78 is 4.73. The molecule has 16 heavy (non-hydrogen) atoms. The number of nitrogens with two attached hydrogens (primary N) is 1. The highest BCUT2D eigenvalue weighted by Crippen LogP contribution is 2.02. The van der Waals surface area contributed by atoms with Crippen molar-refractivity contribution in [3.63, 3.8) is 0 Å². The van der Waals surface area contributed by atoms with Gasteiger partial charge in [0.1, 0.15) is 0 Å². The van der Waals surface area contributed by atoms with E-state index in [1.807, 2.05) is 6.92 Å².